The highest BCUT2D eigenvalue weighted by Crippen LogP contribution is 2.10. The van der Waals surface area contributed by atoms with Gasteiger partial charge in [0.2, 0.25) is 0 Å². The maximum atomic E-state index is 11.1. The van der Waals surface area contributed by atoms with E-state index in [9.17, 15) is 9.59 Å². The van der Waals surface area contributed by atoms with Gasteiger partial charge >= 0.3 is 5.97 Å². The Balaban J connectivity index is 2.95. The number of aryl methyl sites for hydroxylation is 1. The maximum absolute atomic E-state index is 11.1. The Bertz CT molecular complexity index is 328. The van der Waals surface area contributed by atoms with Gasteiger partial charge in [-0.2, -0.15) is 0 Å². The van der Waals surface area contributed by atoms with E-state index in [0.29, 0.717) is 5.69 Å². The summed E-state index contributed by atoms with van der Waals surface area (Å²) in [4.78, 5) is 24.1. The van der Waals surface area contributed by atoms with Crippen LogP contribution in [0.4, 0.5) is 0 Å². The zero-order valence-electron chi connectivity index (χ0n) is 7.59. The molecule has 0 aliphatic heterocycles. The lowest BCUT2D eigenvalue weighted by Gasteiger charge is -1.95. The highest BCUT2D eigenvalue weighted by Gasteiger charge is 2.12. The summed E-state index contributed by atoms with van der Waals surface area (Å²) in [5, 5.41) is 0. The van der Waals surface area contributed by atoms with Crippen LogP contribution < -0.4 is 0 Å². The molecule has 1 N–H and O–H groups in total. The molecule has 0 saturated carbocycles. The van der Waals surface area contributed by atoms with Crippen LogP contribution in [0.5, 0.6) is 0 Å². The number of rotatable bonds is 3. The van der Waals surface area contributed by atoms with Gasteiger partial charge in [0, 0.05) is 12.1 Å². The number of hydrogen-bond donors (Lipinski definition) is 1. The summed E-state index contributed by atoms with van der Waals surface area (Å²) in [5.74, 6) is -0.408. The molecule has 1 aromatic heterocycles. The number of ether oxygens (including phenoxy) is 1. The molecule has 0 saturated heterocycles. The van der Waals surface area contributed by atoms with Gasteiger partial charge in [0.05, 0.1) is 7.11 Å². The molecule has 0 aliphatic carbocycles. The van der Waals surface area contributed by atoms with Gasteiger partial charge in [-0.15, -0.1) is 0 Å². The van der Waals surface area contributed by atoms with Crippen molar-refractivity contribution < 1.29 is 14.3 Å². The minimum absolute atomic E-state index is 0.290. The Labute approximate surface area is 75.9 Å². The van der Waals surface area contributed by atoms with Crippen LogP contribution >= 0.6 is 0 Å². The number of aromatic amines is 1. The van der Waals surface area contributed by atoms with Gasteiger partial charge in [-0.3, -0.25) is 0 Å². The number of aromatic nitrogens is 1. The summed E-state index contributed by atoms with van der Waals surface area (Å²) >= 11 is 0. The van der Waals surface area contributed by atoms with E-state index in [1.165, 1.54) is 7.11 Å². The SMILES string of the molecule is COC(=O)c1[nH]c(CC=O)cc1C. The number of methoxy groups -OCH3 is 1. The predicted octanol–water partition coefficient (Wildman–Crippen LogP) is 0.851. The molecule has 0 fully saturated rings. The topological polar surface area (TPSA) is 59.2 Å². The Morgan fingerprint density at radius 2 is 2.38 bits per heavy atom. The van der Waals surface area contributed by atoms with Gasteiger partial charge in [0.1, 0.15) is 12.0 Å². The zero-order chi connectivity index (χ0) is 9.84. The molecular weight excluding hydrogens is 170 g/mol. The van der Waals surface area contributed by atoms with Crippen molar-refractivity contribution in [2.75, 3.05) is 7.11 Å². The van der Waals surface area contributed by atoms with Crippen LogP contribution in [0.15, 0.2) is 6.07 Å². The molecule has 0 aliphatic rings. The molecule has 0 radical (unpaired) electrons. The van der Waals surface area contributed by atoms with Gasteiger partial charge in [-0.1, -0.05) is 0 Å². The molecule has 0 aromatic carbocycles. The number of H-pyrrole nitrogens is 1. The minimum atomic E-state index is -0.408. The molecule has 0 bridgehead atoms. The number of carbonyl (C=O) groups is 2. The molecule has 70 valence electrons. The fourth-order valence-electron chi connectivity index (χ4n) is 1.14. The highest BCUT2D eigenvalue weighted by atomic mass is 16.5. The van der Waals surface area contributed by atoms with Crippen LogP contribution in [0.1, 0.15) is 21.7 Å². The first-order valence-corrected chi connectivity index (χ1v) is 3.89. The monoisotopic (exact) mass is 181 g/mol. The molecule has 1 rings (SSSR count). The van der Waals surface area contributed by atoms with Crippen molar-refractivity contribution in [2.45, 2.75) is 13.3 Å². The quantitative estimate of drug-likeness (QED) is 0.555. The Hall–Kier alpha value is -1.58. The van der Waals surface area contributed by atoms with Crippen LogP contribution in [0, 0.1) is 6.92 Å². The van der Waals surface area contributed by atoms with Crippen molar-refractivity contribution >= 4 is 12.3 Å². The second kappa shape index (κ2) is 3.89. The Morgan fingerprint density at radius 3 is 2.92 bits per heavy atom. The normalized spacial score (nSPS) is 9.69. The summed E-state index contributed by atoms with van der Waals surface area (Å²) in [6, 6.07) is 1.76. The first-order valence-electron chi connectivity index (χ1n) is 3.89. The van der Waals surface area contributed by atoms with Gasteiger partial charge < -0.3 is 14.5 Å². The molecular formula is C9H11NO3. The molecule has 1 aromatic rings. The third kappa shape index (κ3) is 1.96. The van der Waals surface area contributed by atoms with Crippen molar-refractivity contribution in [1.29, 1.82) is 0 Å². The van der Waals surface area contributed by atoms with Crippen molar-refractivity contribution in [3.05, 3.63) is 23.0 Å². The molecule has 0 atom stereocenters. The van der Waals surface area contributed by atoms with Crippen LogP contribution in [0.3, 0.4) is 0 Å². The lowest BCUT2D eigenvalue weighted by Crippen LogP contribution is -2.03. The van der Waals surface area contributed by atoms with Crippen molar-refractivity contribution in [2.24, 2.45) is 0 Å². The standard InChI is InChI=1S/C9H11NO3/c1-6-5-7(3-4-11)10-8(6)9(12)13-2/h4-5,10H,3H2,1-2H3. The predicted molar refractivity (Wildman–Crippen MR) is 46.6 cm³/mol. The maximum Gasteiger partial charge on any atom is 0.354 e. The van der Waals surface area contributed by atoms with Gasteiger partial charge in [-0.05, 0) is 18.6 Å². The first-order chi connectivity index (χ1) is 6.19. The van der Waals surface area contributed by atoms with E-state index in [0.717, 1.165) is 17.5 Å². The summed E-state index contributed by atoms with van der Waals surface area (Å²) in [6.45, 7) is 1.79. The first kappa shape index (κ1) is 9.51. The number of nitrogens with one attached hydrogen (secondary N) is 1. The minimum Gasteiger partial charge on any atom is -0.464 e. The van der Waals surface area contributed by atoms with E-state index < -0.39 is 5.97 Å². The highest BCUT2D eigenvalue weighted by molar-refractivity contribution is 5.89. The van der Waals surface area contributed by atoms with Crippen molar-refractivity contribution in [3.8, 4) is 0 Å². The third-order valence-electron chi connectivity index (χ3n) is 1.76. The molecule has 0 unspecified atom stereocenters. The smallest absolute Gasteiger partial charge is 0.354 e. The van der Waals surface area contributed by atoms with Gasteiger partial charge in [-0.25, -0.2) is 4.79 Å². The van der Waals surface area contributed by atoms with Crippen LogP contribution in [0.25, 0.3) is 0 Å². The van der Waals surface area contributed by atoms with Crippen LogP contribution in [-0.2, 0) is 16.0 Å². The van der Waals surface area contributed by atoms with E-state index in [1.807, 2.05) is 0 Å². The summed E-state index contributed by atoms with van der Waals surface area (Å²) in [6.07, 6.45) is 1.07. The van der Waals surface area contributed by atoms with Crippen LogP contribution in [0.2, 0.25) is 0 Å². The number of hydrogen-bond acceptors (Lipinski definition) is 3. The third-order valence-corrected chi connectivity index (χ3v) is 1.76. The van der Waals surface area contributed by atoms with Crippen LogP contribution in [-0.4, -0.2) is 24.3 Å². The van der Waals surface area contributed by atoms with Gasteiger partial charge in [0.15, 0.2) is 0 Å². The van der Waals surface area contributed by atoms with Crippen molar-refractivity contribution in [1.82, 2.24) is 4.98 Å². The number of esters is 1. The largest absolute Gasteiger partial charge is 0.464 e. The summed E-state index contributed by atoms with van der Waals surface area (Å²) in [5.41, 5.74) is 1.94. The molecule has 1 heterocycles. The second-order valence-corrected chi connectivity index (χ2v) is 2.71. The number of carbonyl (C=O) groups excluding carboxylic acids is 2. The molecule has 13 heavy (non-hydrogen) atoms. The molecule has 0 spiro atoms. The zero-order valence-corrected chi connectivity index (χ0v) is 7.59. The van der Waals surface area contributed by atoms with E-state index in [-0.39, 0.29) is 6.42 Å². The lowest BCUT2D eigenvalue weighted by molar-refractivity contribution is -0.107. The summed E-state index contributed by atoms with van der Waals surface area (Å²) < 4.78 is 4.55. The average Bonchev–Trinajstić information content (AvgIpc) is 2.46. The van der Waals surface area contributed by atoms with E-state index in [4.69, 9.17) is 0 Å². The fourth-order valence-corrected chi connectivity index (χ4v) is 1.14. The van der Waals surface area contributed by atoms with Crippen molar-refractivity contribution in [3.63, 3.8) is 0 Å². The Morgan fingerprint density at radius 1 is 1.69 bits per heavy atom. The second-order valence-electron chi connectivity index (χ2n) is 2.71. The van der Waals surface area contributed by atoms with Gasteiger partial charge in [0.25, 0.3) is 0 Å². The Kier molecular flexibility index (Phi) is 2.84. The van der Waals surface area contributed by atoms with E-state index >= 15 is 0 Å². The number of aldehydes is 1. The average molecular weight is 181 g/mol. The van der Waals surface area contributed by atoms with E-state index in [1.54, 1.807) is 13.0 Å². The molecule has 0 amide bonds. The molecule has 4 heteroatoms. The summed E-state index contributed by atoms with van der Waals surface area (Å²) in [7, 11) is 1.32. The molecule has 4 nitrogen and oxygen atoms in total. The lowest BCUT2D eigenvalue weighted by atomic mass is 10.2. The fraction of sp³-hybridized carbons (Fsp3) is 0.333. The van der Waals surface area contributed by atoms with E-state index in [2.05, 4.69) is 9.72 Å².